The highest BCUT2D eigenvalue weighted by atomic mass is 16.3. The zero-order valence-corrected chi connectivity index (χ0v) is 10.8. The van der Waals surface area contributed by atoms with E-state index in [0.29, 0.717) is 6.54 Å². The van der Waals surface area contributed by atoms with Gasteiger partial charge in [0.05, 0.1) is 12.1 Å². The largest absolute Gasteiger partial charge is 0.395 e. The zero-order valence-electron chi connectivity index (χ0n) is 10.8. The second-order valence-electron chi connectivity index (χ2n) is 4.82. The van der Waals surface area contributed by atoms with E-state index in [2.05, 4.69) is 53.1 Å². The summed E-state index contributed by atoms with van der Waals surface area (Å²) in [6.07, 6.45) is 0. The van der Waals surface area contributed by atoms with Gasteiger partial charge >= 0.3 is 0 Å². The van der Waals surface area contributed by atoms with Gasteiger partial charge in [-0.2, -0.15) is 0 Å². The van der Waals surface area contributed by atoms with Gasteiger partial charge in [-0.3, -0.25) is 5.32 Å². The molecule has 0 aliphatic carbocycles. The molecule has 1 atom stereocenters. The quantitative estimate of drug-likeness (QED) is 0.781. The van der Waals surface area contributed by atoms with Crippen LogP contribution in [0.3, 0.4) is 0 Å². The van der Waals surface area contributed by atoms with E-state index >= 15 is 0 Å². The van der Waals surface area contributed by atoms with Crippen molar-refractivity contribution in [3.05, 3.63) is 65.7 Å². The van der Waals surface area contributed by atoms with Gasteiger partial charge in [-0.25, -0.2) is 0 Å². The minimum atomic E-state index is -0.249. The maximum atomic E-state index is 9.15. The van der Waals surface area contributed by atoms with Gasteiger partial charge in [0.1, 0.15) is 0 Å². The van der Waals surface area contributed by atoms with E-state index in [1.54, 1.807) is 0 Å². The molecule has 19 heavy (non-hydrogen) atoms. The SMILES string of the molecule is OCCNC1(c2ccccc2)CNc2ccccc21. The first-order chi connectivity index (χ1) is 9.37. The average molecular weight is 254 g/mol. The summed E-state index contributed by atoms with van der Waals surface area (Å²) in [5, 5.41) is 16.1. The van der Waals surface area contributed by atoms with Gasteiger partial charge in [-0.1, -0.05) is 48.5 Å². The lowest BCUT2D eigenvalue weighted by atomic mass is 9.84. The minimum Gasteiger partial charge on any atom is -0.395 e. The van der Waals surface area contributed by atoms with Crippen LogP contribution in [-0.4, -0.2) is 24.8 Å². The van der Waals surface area contributed by atoms with E-state index in [-0.39, 0.29) is 12.1 Å². The highest BCUT2D eigenvalue weighted by Gasteiger charge is 2.39. The van der Waals surface area contributed by atoms with Crippen molar-refractivity contribution in [1.29, 1.82) is 0 Å². The van der Waals surface area contributed by atoms with E-state index < -0.39 is 0 Å². The Morgan fingerprint density at radius 1 is 1.05 bits per heavy atom. The minimum absolute atomic E-state index is 0.136. The van der Waals surface area contributed by atoms with Crippen LogP contribution in [0.15, 0.2) is 54.6 Å². The van der Waals surface area contributed by atoms with Gasteiger partial charge in [0.15, 0.2) is 0 Å². The van der Waals surface area contributed by atoms with Gasteiger partial charge in [0.25, 0.3) is 0 Å². The number of aliphatic hydroxyl groups is 1. The van der Waals surface area contributed by atoms with Gasteiger partial charge in [-0.15, -0.1) is 0 Å². The molecule has 1 aliphatic heterocycles. The van der Waals surface area contributed by atoms with Crippen molar-refractivity contribution in [3.8, 4) is 0 Å². The van der Waals surface area contributed by atoms with Gasteiger partial charge in [0, 0.05) is 24.3 Å². The molecule has 1 heterocycles. The molecule has 0 spiro atoms. The summed E-state index contributed by atoms with van der Waals surface area (Å²) < 4.78 is 0. The predicted molar refractivity (Wildman–Crippen MR) is 77.2 cm³/mol. The van der Waals surface area contributed by atoms with E-state index in [1.165, 1.54) is 11.1 Å². The molecule has 3 nitrogen and oxygen atoms in total. The van der Waals surface area contributed by atoms with Crippen LogP contribution in [0, 0.1) is 0 Å². The van der Waals surface area contributed by atoms with Crippen molar-refractivity contribution >= 4 is 5.69 Å². The molecule has 0 saturated carbocycles. The van der Waals surface area contributed by atoms with Crippen LogP contribution in [0.1, 0.15) is 11.1 Å². The summed E-state index contributed by atoms with van der Waals surface area (Å²) in [6.45, 7) is 1.51. The summed E-state index contributed by atoms with van der Waals surface area (Å²) in [6, 6.07) is 18.7. The fourth-order valence-corrected chi connectivity index (χ4v) is 2.84. The highest BCUT2D eigenvalue weighted by molar-refractivity contribution is 5.63. The standard InChI is InChI=1S/C16H18N2O/c19-11-10-18-16(13-6-2-1-3-7-13)12-17-15-9-5-4-8-14(15)16/h1-9,17-19H,10-12H2. The van der Waals surface area contributed by atoms with E-state index in [9.17, 15) is 0 Å². The molecule has 1 unspecified atom stereocenters. The molecule has 2 aromatic carbocycles. The monoisotopic (exact) mass is 254 g/mol. The Bertz CT molecular complexity index is 556. The van der Waals surface area contributed by atoms with Crippen molar-refractivity contribution in [2.24, 2.45) is 0 Å². The Balaban J connectivity index is 2.09. The maximum Gasteiger partial charge on any atom is 0.0886 e. The topological polar surface area (TPSA) is 44.3 Å². The van der Waals surface area contributed by atoms with Crippen LogP contribution < -0.4 is 10.6 Å². The third kappa shape index (κ3) is 2.01. The molecule has 98 valence electrons. The van der Waals surface area contributed by atoms with Crippen molar-refractivity contribution in [2.45, 2.75) is 5.54 Å². The van der Waals surface area contributed by atoms with Crippen LogP contribution in [0.25, 0.3) is 0 Å². The number of para-hydroxylation sites is 1. The third-order valence-corrected chi connectivity index (χ3v) is 3.74. The van der Waals surface area contributed by atoms with Crippen molar-refractivity contribution in [3.63, 3.8) is 0 Å². The zero-order chi connectivity index (χ0) is 13.1. The molecular formula is C16H18N2O. The summed E-state index contributed by atoms with van der Waals surface area (Å²) in [4.78, 5) is 0. The van der Waals surface area contributed by atoms with E-state index in [0.717, 1.165) is 12.2 Å². The number of anilines is 1. The van der Waals surface area contributed by atoms with Crippen molar-refractivity contribution in [1.82, 2.24) is 5.32 Å². The number of hydrogen-bond acceptors (Lipinski definition) is 3. The average Bonchev–Trinajstić information content (AvgIpc) is 2.86. The Kier molecular flexibility index (Phi) is 3.23. The van der Waals surface area contributed by atoms with Crippen LogP contribution in [0.2, 0.25) is 0 Å². The van der Waals surface area contributed by atoms with Gasteiger partial charge < -0.3 is 10.4 Å². The molecule has 0 saturated heterocycles. The van der Waals surface area contributed by atoms with Gasteiger partial charge in [-0.05, 0) is 11.6 Å². The molecule has 0 radical (unpaired) electrons. The van der Waals surface area contributed by atoms with Crippen LogP contribution in [0.5, 0.6) is 0 Å². The predicted octanol–water partition coefficient (Wildman–Crippen LogP) is 1.94. The molecule has 3 rings (SSSR count). The molecule has 0 fully saturated rings. The second-order valence-corrected chi connectivity index (χ2v) is 4.82. The second kappa shape index (κ2) is 5.03. The normalized spacial score (nSPS) is 20.9. The summed E-state index contributed by atoms with van der Waals surface area (Å²) in [7, 11) is 0. The summed E-state index contributed by atoms with van der Waals surface area (Å²) >= 11 is 0. The van der Waals surface area contributed by atoms with Gasteiger partial charge in [0.2, 0.25) is 0 Å². The smallest absolute Gasteiger partial charge is 0.0886 e. The molecule has 2 aromatic rings. The molecule has 0 amide bonds. The first kappa shape index (κ1) is 12.2. The van der Waals surface area contributed by atoms with Crippen molar-refractivity contribution < 1.29 is 5.11 Å². The highest BCUT2D eigenvalue weighted by Crippen LogP contribution is 2.39. The molecule has 0 aromatic heterocycles. The summed E-state index contributed by atoms with van der Waals surface area (Å²) in [5.41, 5.74) is 3.38. The van der Waals surface area contributed by atoms with Crippen molar-refractivity contribution in [2.75, 3.05) is 25.0 Å². The first-order valence-corrected chi connectivity index (χ1v) is 6.61. The fourth-order valence-electron chi connectivity index (χ4n) is 2.84. The Morgan fingerprint density at radius 2 is 1.79 bits per heavy atom. The lowest BCUT2D eigenvalue weighted by molar-refractivity contribution is 0.273. The maximum absolute atomic E-state index is 9.15. The Morgan fingerprint density at radius 3 is 2.58 bits per heavy atom. The molecular weight excluding hydrogens is 236 g/mol. The lowest BCUT2D eigenvalue weighted by Gasteiger charge is -2.31. The third-order valence-electron chi connectivity index (χ3n) is 3.74. The van der Waals surface area contributed by atoms with Crippen LogP contribution in [-0.2, 0) is 5.54 Å². The van der Waals surface area contributed by atoms with E-state index in [1.807, 2.05) is 12.1 Å². The lowest BCUT2D eigenvalue weighted by Crippen LogP contribution is -2.46. The molecule has 3 N–H and O–H groups in total. The summed E-state index contributed by atoms with van der Waals surface area (Å²) in [5.74, 6) is 0. The molecule has 1 aliphatic rings. The number of hydrogen-bond donors (Lipinski definition) is 3. The first-order valence-electron chi connectivity index (χ1n) is 6.61. The number of benzene rings is 2. The van der Waals surface area contributed by atoms with Crippen LogP contribution in [0.4, 0.5) is 5.69 Å². The molecule has 3 heteroatoms. The fraction of sp³-hybridized carbons (Fsp3) is 0.250. The Hall–Kier alpha value is -1.84. The molecule has 0 bridgehead atoms. The number of rotatable bonds is 4. The number of aliphatic hydroxyl groups excluding tert-OH is 1. The number of nitrogens with one attached hydrogen (secondary N) is 2. The number of fused-ring (bicyclic) bond motifs is 1. The van der Waals surface area contributed by atoms with E-state index in [4.69, 9.17) is 5.11 Å². The Labute approximate surface area is 113 Å². The van der Waals surface area contributed by atoms with Crippen LogP contribution >= 0.6 is 0 Å².